The van der Waals surface area contributed by atoms with Gasteiger partial charge in [0.05, 0.1) is 6.33 Å². The number of fused-ring (bicyclic) bond motifs is 1. The molecule has 1 saturated heterocycles. The molecular formula is C14H13F3N8. The summed E-state index contributed by atoms with van der Waals surface area (Å²) in [7, 11) is 0. The molecule has 0 spiro atoms. The van der Waals surface area contributed by atoms with E-state index in [1.54, 1.807) is 11.2 Å². The minimum atomic E-state index is -4.48. The molecule has 4 heterocycles. The maximum atomic E-state index is 12.8. The van der Waals surface area contributed by atoms with Gasteiger partial charge in [0.25, 0.3) is 0 Å². The first kappa shape index (κ1) is 15.5. The van der Waals surface area contributed by atoms with E-state index in [1.807, 2.05) is 4.90 Å². The summed E-state index contributed by atoms with van der Waals surface area (Å²) in [4.78, 5) is 26.6. The number of nitrogens with zero attached hydrogens (tertiary/aromatic N) is 7. The van der Waals surface area contributed by atoms with Gasteiger partial charge in [-0.3, -0.25) is 0 Å². The molecule has 1 aliphatic heterocycles. The van der Waals surface area contributed by atoms with Crippen LogP contribution in [0, 0.1) is 0 Å². The van der Waals surface area contributed by atoms with Crippen LogP contribution in [0.5, 0.6) is 0 Å². The molecule has 3 aromatic heterocycles. The Morgan fingerprint density at radius 2 is 1.60 bits per heavy atom. The van der Waals surface area contributed by atoms with E-state index in [0.29, 0.717) is 31.8 Å². The monoisotopic (exact) mass is 350 g/mol. The Labute approximate surface area is 139 Å². The highest BCUT2D eigenvalue weighted by molar-refractivity contribution is 5.82. The summed E-state index contributed by atoms with van der Waals surface area (Å²) in [5.74, 6) is 1.01. The van der Waals surface area contributed by atoms with E-state index in [9.17, 15) is 13.2 Å². The molecule has 0 aliphatic carbocycles. The quantitative estimate of drug-likeness (QED) is 0.749. The number of imidazole rings is 1. The number of H-pyrrole nitrogens is 1. The molecule has 130 valence electrons. The molecule has 11 heteroatoms. The zero-order valence-corrected chi connectivity index (χ0v) is 12.9. The molecule has 4 rings (SSSR count). The summed E-state index contributed by atoms with van der Waals surface area (Å²) in [6, 6.07) is 0.980. The number of aromatic amines is 1. The zero-order chi connectivity index (χ0) is 17.4. The minimum Gasteiger partial charge on any atom is -0.353 e. The molecule has 25 heavy (non-hydrogen) atoms. The van der Waals surface area contributed by atoms with Gasteiger partial charge in [-0.15, -0.1) is 0 Å². The second-order valence-electron chi connectivity index (χ2n) is 5.53. The molecule has 0 bridgehead atoms. The van der Waals surface area contributed by atoms with Gasteiger partial charge in [-0.25, -0.2) is 24.9 Å². The van der Waals surface area contributed by atoms with Gasteiger partial charge in [0.1, 0.15) is 29.7 Å². The minimum absolute atomic E-state index is 0.274. The van der Waals surface area contributed by atoms with Crippen LogP contribution in [0.4, 0.5) is 24.8 Å². The molecule has 0 saturated carbocycles. The van der Waals surface area contributed by atoms with Gasteiger partial charge in [-0.2, -0.15) is 13.2 Å². The number of nitrogens with one attached hydrogen (secondary N) is 1. The van der Waals surface area contributed by atoms with E-state index >= 15 is 0 Å². The number of rotatable bonds is 2. The number of piperazine rings is 1. The Morgan fingerprint density at radius 1 is 0.880 bits per heavy atom. The van der Waals surface area contributed by atoms with Crippen LogP contribution < -0.4 is 9.80 Å². The first-order valence-corrected chi connectivity index (χ1v) is 7.55. The third-order valence-electron chi connectivity index (χ3n) is 4.05. The van der Waals surface area contributed by atoms with Crippen LogP contribution >= 0.6 is 0 Å². The molecule has 1 aliphatic rings. The average Bonchev–Trinajstić information content (AvgIpc) is 3.10. The van der Waals surface area contributed by atoms with Crippen molar-refractivity contribution in [3.63, 3.8) is 0 Å². The SMILES string of the molecule is FC(F)(F)c1cc(N2CCN(c3ncnc4nc[nH]c34)CC2)ncn1. The zero-order valence-electron chi connectivity index (χ0n) is 12.9. The van der Waals surface area contributed by atoms with Gasteiger partial charge in [0, 0.05) is 32.2 Å². The third kappa shape index (κ3) is 2.92. The van der Waals surface area contributed by atoms with Crippen LogP contribution in [0.3, 0.4) is 0 Å². The largest absolute Gasteiger partial charge is 0.433 e. The fraction of sp³-hybridized carbons (Fsp3) is 0.357. The predicted molar refractivity (Wildman–Crippen MR) is 83.1 cm³/mol. The van der Waals surface area contributed by atoms with Crippen molar-refractivity contribution < 1.29 is 13.2 Å². The molecule has 3 aromatic rings. The van der Waals surface area contributed by atoms with Crippen molar-refractivity contribution >= 4 is 22.8 Å². The lowest BCUT2D eigenvalue weighted by Crippen LogP contribution is -2.47. The molecule has 1 N–H and O–H groups in total. The smallest absolute Gasteiger partial charge is 0.353 e. The lowest BCUT2D eigenvalue weighted by atomic mass is 10.3. The highest BCUT2D eigenvalue weighted by Gasteiger charge is 2.33. The van der Waals surface area contributed by atoms with E-state index in [2.05, 4.69) is 29.9 Å². The first-order chi connectivity index (χ1) is 12.0. The van der Waals surface area contributed by atoms with E-state index < -0.39 is 11.9 Å². The van der Waals surface area contributed by atoms with Crippen molar-refractivity contribution in [2.75, 3.05) is 36.0 Å². The van der Waals surface area contributed by atoms with Crippen molar-refractivity contribution in [2.24, 2.45) is 0 Å². The normalized spacial score (nSPS) is 15.8. The highest BCUT2D eigenvalue weighted by Crippen LogP contribution is 2.29. The van der Waals surface area contributed by atoms with Crippen molar-refractivity contribution in [1.29, 1.82) is 0 Å². The molecule has 8 nitrogen and oxygen atoms in total. The van der Waals surface area contributed by atoms with E-state index in [4.69, 9.17) is 0 Å². The van der Waals surface area contributed by atoms with Crippen LogP contribution in [0.2, 0.25) is 0 Å². The van der Waals surface area contributed by atoms with Crippen LogP contribution in [-0.2, 0) is 6.18 Å². The van der Waals surface area contributed by atoms with Gasteiger partial charge >= 0.3 is 6.18 Å². The molecule has 0 atom stereocenters. The van der Waals surface area contributed by atoms with Crippen molar-refractivity contribution in [1.82, 2.24) is 29.9 Å². The molecular weight excluding hydrogens is 337 g/mol. The van der Waals surface area contributed by atoms with E-state index in [-0.39, 0.29) is 5.82 Å². The van der Waals surface area contributed by atoms with Gasteiger partial charge in [0.2, 0.25) is 0 Å². The Morgan fingerprint density at radius 3 is 2.36 bits per heavy atom. The second kappa shape index (κ2) is 5.83. The maximum Gasteiger partial charge on any atom is 0.433 e. The fourth-order valence-electron chi connectivity index (χ4n) is 2.81. The standard InChI is InChI=1S/C14H13F3N8/c15-14(16,17)9-5-10(19-6-18-9)24-1-3-25(4-2-24)13-11-12(21-7-20-11)22-8-23-13/h5-8H,1-4H2,(H,20,21,22,23). The number of anilines is 2. The summed E-state index contributed by atoms with van der Waals surface area (Å²) < 4.78 is 38.4. The van der Waals surface area contributed by atoms with E-state index in [1.165, 1.54) is 6.33 Å². The number of halogens is 3. The second-order valence-corrected chi connectivity index (χ2v) is 5.53. The molecule has 0 aromatic carbocycles. The van der Waals surface area contributed by atoms with Crippen LogP contribution in [-0.4, -0.2) is 56.1 Å². The van der Waals surface area contributed by atoms with E-state index in [0.717, 1.165) is 23.7 Å². The van der Waals surface area contributed by atoms with Gasteiger partial charge in [-0.05, 0) is 0 Å². The van der Waals surface area contributed by atoms with Crippen LogP contribution in [0.15, 0.2) is 25.0 Å². The van der Waals surface area contributed by atoms with Crippen molar-refractivity contribution in [2.45, 2.75) is 6.18 Å². The highest BCUT2D eigenvalue weighted by atomic mass is 19.4. The van der Waals surface area contributed by atoms with Gasteiger partial charge in [-0.1, -0.05) is 0 Å². The lowest BCUT2D eigenvalue weighted by molar-refractivity contribution is -0.141. The Hall–Kier alpha value is -2.98. The van der Waals surface area contributed by atoms with Crippen LogP contribution in [0.1, 0.15) is 5.69 Å². The topological polar surface area (TPSA) is 86.7 Å². The Kier molecular flexibility index (Phi) is 3.62. The van der Waals surface area contributed by atoms with Crippen molar-refractivity contribution in [3.8, 4) is 0 Å². The first-order valence-electron chi connectivity index (χ1n) is 7.55. The maximum absolute atomic E-state index is 12.8. The molecule has 0 amide bonds. The summed E-state index contributed by atoms with van der Waals surface area (Å²) in [6.45, 7) is 2.23. The van der Waals surface area contributed by atoms with Gasteiger partial charge < -0.3 is 14.8 Å². The Balaban J connectivity index is 1.51. The number of aromatic nitrogens is 6. The summed E-state index contributed by atoms with van der Waals surface area (Å²) in [5.41, 5.74) is 0.394. The number of alkyl halides is 3. The summed E-state index contributed by atoms with van der Waals surface area (Å²) >= 11 is 0. The average molecular weight is 350 g/mol. The molecule has 0 unspecified atom stereocenters. The Bertz CT molecular complexity index is 885. The summed E-state index contributed by atoms with van der Waals surface area (Å²) in [6.07, 6.45) is -0.528. The number of hydrogen-bond donors (Lipinski definition) is 1. The molecule has 1 fully saturated rings. The fourth-order valence-corrected chi connectivity index (χ4v) is 2.81. The van der Waals surface area contributed by atoms with Crippen molar-refractivity contribution in [3.05, 3.63) is 30.7 Å². The summed E-state index contributed by atoms with van der Waals surface area (Å²) in [5, 5.41) is 0. The predicted octanol–water partition coefficient (Wildman–Crippen LogP) is 1.49. The third-order valence-corrected chi connectivity index (χ3v) is 4.05. The molecule has 0 radical (unpaired) electrons. The number of hydrogen-bond acceptors (Lipinski definition) is 7. The van der Waals surface area contributed by atoms with Crippen LogP contribution in [0.25, 0.3) is 11.2 Å². The lowest BCUT2D eigenvalue weighted by Gasteiger charge is -2.36. The van der Waals surface area contributed by atoms with Gasteiger partial charge in [0.15, 0.2) is 11.5 Å².